The van der Waals surface area contributed by atoms with Crippen molar-refractivity contribution in [3.8, 4) is 0 Å². The summed E-state index contributed by atoms with van der Waals surface area (Å²) in [5.41, 5.74) is 0. The first-order chi connectivity index (χ1) is 27.1. The number of quaternary nitrogens is 1. The number of carboxylic acids is 1. The highest BCUT2D eigenvalue weighted by Gasteiger charge is 2.31. The van der Waals surface area contributed by atoms with Crippen molar-refractivity contribution >= 4 is 17.9 Å². The van der Waals surface area contributed by atoms with Gasteiger partial charge in [0.15, 0.2) is 12.1 Å². The number of hydrogen-bond acceptors (Lipinski definition) is 6. The zero-order valence-corrected chi connectivity index (χ0v) is 36.8. The lowest BCUT2D eigenvalue weighted by Gasteiger charge is -2.31. The van der Waals surface area contributed by atoms with E-state index in [-0.39, 0.29) is 36.2 Å². The van der Waals surface area contributed by atoms with Crippen LogP contribution in [0.4, 0.5) is 0 Å². The Kier molecular flexibility index (Phi) is 37.2. The fourth-order valence-electron chi connectivity index (χ4n) is 6.45. The average molecular weight is 789 g/mol. The van der Waals surface area contributed by atoms with Gasteiger partial charge in [0.1, 0.15) is 6.61 Å². The van der Waals surface area contributed by atoms with Gasteiger partial charge >= 0.3 is 17.9 Å². The van der Waals surface area contributed by atoms with Crippen LogP contribution >= 0.6 is 0 Å². The average Bonchev–Trinajstić information content (AvgIpc) is 3.15. The van der Waals surface area contributed by atoms with Crippen LogP contribution in [0.25, 0.3) is 0 Å². The maximum atomic E-state index is 12.7. The van der Waals surface area contributed by atoms with E-state index in [1.165, 1.54) is 77.0 Å². The first-order valence-corrected chi connectivity index (χ1v) is 22.7. The standard InChI is InChI=1S/C48H85NO7/c1-6-8-10-12-14-16-18-20-22-23-25-27-29-31-33-35-37-39-47(51)56-44(42-54-41-40-45(48(52)53)49(3,4)5)43-55-46(50)38-36-34-32-30-28-26-24-21-19-17-15-13-11-9-7-2/h8,10,14,16,20-22,24,44-45H,6-7,9,11-13,15,17-19,23,25-43H2,1-5H3/p+1/b10-8-,16-14-,22-20-,24-21-. The van der Waals surface area contributed by atoms with Gasteiger partial charge in [-0.3, -0.25) is 9.59 Å². The van der Waals surface area contributed by atoms with E-state index in [2.05, 4.69) is 62.5 Å². The van der Waals surface area contributed by atoms with Crippen molar-refractivity contribution in [1.82, 2.24) is 0 Å². The van der Waals surface area contributed by atoms with E-state index in [1.807, 2.05) is 21.1 Å². The van der Waals surface area contributed by atoms with E-state index in [0.29, 0.717) is 19.3 Å². The monoisotopic (exact) mass is 789 g/mol. The zero-order chi connectivity index (χ0) is 41.4. The Bertz CT molecular complexity index is 1060. The molecule has 0 bridgehead atoms. The van der Waals surface area contributed by atoms with Gasteiger partial charge < -0.3 is 23.8 Å². The number of carbonyl (C=O) groups excluding carboxylic acids is 2. The Labute approximate surface area is 344 Å². The summed E-state index contributed by atoms with van der Waals surface area (Å²) >= 11 is 0. The topological polar surface area (TPSA) is 99.1 Å². The molecule has 0 aromatic rings. The number of hydrogen-bond donors (Lipinski definition) is 1. The first kappa shape index (κ1) is 53.3. The second-order valence-electron chi connectivity index (χ2n) is 16.3. The molecule has 0 saturated carbocycles. The summed E-state index contributed by atoms with van der Waals surface area (Å²) in [5, 5.41) is 9.62. The Morgan fingerprint density at radius 1 is 0.554 bits per heavy atom. The quantitative estimate of drug-likeness (QED) is 0.0286. The molecule has 0 aliphatic heterocycles. The van der Waals surface area contributed by atoms with Crippen LogP contribution in [0.1, 0.15) is 187 Å². The molecule has 0 heterocycles. The van der Waals surface area contributed by atoms with Crippen LogP contribution < -0.4 is 0 Å². The minimum atomic E-state index is -0.879. The smallest absolute Gasteiger partial charge is 0.362 e. The number of carbonyl (C=O) groups is 3. The first-order valence-electron chi connectivity index (χ1n) is 22.7. The maximum absolute atomic E-state index is 12.7. The molecule has 56 heavy (non-hydrogen) atoms. The number of ether oxygens (including phenoxy) is 3. The second kappa shape index (κ2) is 39.1. The van der Waals surface area contributed by atoms with Gasteiger partial charge in [0.2, 0.25) is 0 Å². The van der Waals surface area contributed by atoms with Crippen LogP contribution in [0.5, 0.6) is 0 Å². The van der Waals surface area contributed by atoms with Crippen molar-refractivity contribution in [3.63, 3.8) is 0 Å². The highest BCUT2D eigenvalue weighted by molar-refractivity contribution is 5.72. The third-order valence-electron chi connectivity index (χ3n) is 9.96. The van der Waals surface area contributed by atoms with E-state index in [4.69, 9.17) is 14.2 Å². The van der Waals surface area contributed by atoms with E-state index >= 15 is 0 Å². The molecule has 2 unspecified atom stereocenters. The van der Waals surface area contributed by atoms with Gasteiger partial charge in [-0.05, 0) is 70.6 Å². The molecule has 8 heteroatoms. The van der Waals surface area contributed by atoms with Gasteiger partial charge in [0, 0.05) is 19.3 Å². The van der Waals surface area contributed by atoms with Crippen LogP contribution in [0.3, 0.4) is 0 Å². The lowest BCUT2D eigenvalue weighted by molar-refractivity contribution is -0.887. The molecule has 0 spiro atoms. The van der Waals surface area contributed by atoms with Crippen molar-refractivity contribution in [2.45, 2.75) is 199 Å². The number of carboxylic acid groups (broad SMARTS) is 1. The van der Waals surface area contributed by atoms with Gasteiger partial charge in [-0.15, -0.1) is 0 Å². The number of rotatable bonds is 40. The number of allylic oxidation sites excluding steroid dienone is 8. The normalized spacial score (nSPS) is 13.4. The van der Waals surface area contributed by atoms with Gasteiger partial charge in [0.05, 0.1) is 34.4 Å². The summed E-state index contributed by atoms with van der Waals surface area (Å²) in [6, 6.07) is -0.618. The Morgan fingerprint density at radius 3 is 1.50 bits per heavy atom. The van der Waals surface area contributed by atoms with Crippen LogP contribution in [-0.4, -0.2) is 80.6 Å². The molecule has 1 N–H and O–H groups in total. The van der Waals surface area contributed by atoms with Crippen LogP contribution in [0, 0.1) is 0 Å². The molecule has 0 saturated heterocycles. The number of unbranched alkanes of at least 4 members (excludes halogenated alkanes) is 18. The SMILES string of the molecule is CC/C=C\C/C=C\C/C=C\CCCCCCCCCC(=O)OC(COCCC(C(=O)O)[N+](C)(C)C)COC(=O)CCCCCCC/C=C\CCCCCCCC. The highest BCUT2D eigenvalue weighted by Crippen LogP contribution is 2.14. The molecular weight excluding hydrogens is 703 g/mol. The minimum absolute atomic E-state index is 0.0540. The van der Waals surface area contributed by atoms with Gasteiger partial charge in [0.25, 0.3) is 0 Å². The van der Waals surface area contributed by atoms with Gasteiger partial charge in [-0.2, -0.15) is 0 Å². The summed E-state index contributed by atoms with van der Waals surface area (Å²) in [6.07, 6.45) is 45.8. The van der Waals surface area contributed by atoms with E-state index in [0.717, 1.165) is 77.0 Å². The summed E-state index contributed by atoms with van der Waals surface area (Å²) in [5.74, 6) is -1.49. The molecule has 0 aliphatic rings. The van der Waals surface area contributed by atoms with Crippen LogP contribution in [-0.2, 0) is 28.6 Å². The third-order valence-corrected chi connectivity index (χ3v) is 9.96. The van der Waals surface area contributed by atoms with Crippen LogP contribution in [0.15, 0.2) is 48.6 Å². The lowest BCUT2D eigenvalue weighted by atomic mass is 10.1. The number of likely N-dealkylation sites (N-methyl/N-ethyl adjacent to an activating group) is 1. The molecule has 0 radical (unpaired) electrons. The Balaban J connectivity index is 4.36. The molecule has 8 nitrogen and oxygen atoms in total. The predicted molar refractivity (Wildman–Crippen MR) is 234 cm³/mol. The van der Waals surface area contributed by atoms with E-state index in [9.17, 15) is 19.5 Å². The molecule has 324 valence electrons. The summed E-state index contributed by atoms with van der Waals surface area (Å²) < 4.78 is 17.3. The number of nitrogens with zero attached hydrogens (tertiary/aromatic N) is 1. The molecule has 0 aliphatic carbocycles. The van der Waals surface area contributed by atoms with Crippen molar-refractivity contribution in [3.05, 3.63) is 48.6 Å². The van der Waals surface area contributed by atoms with Crippen LogP contribution in [0.2, 0.25) is 0 Å². The Hall–Kier alpha value is -2.71. The summed E-state index contributed by atoms with van der Waals surface area (Å²) in [6.45, 7) is 4.60. The lowest BCUT2D eigenvalue weighted by Crippen LogP contribution is -2.50. The van der Waals surface area contributed by atoms with E-state index in [1.54, 1.807) is 0 Å². The van der Waals surface area contributed by atoms with Gasteiger partial charge in [-0.1, -0.05) is 146 Å². The largest absolute Gasteiger partial charge is 0.477 e. The number of esters is 2. The second-order valence-corrected chi connectivity index (χ2v) is 16.3. The number of aliphatic carboxylic acids is 1. The maximum Gasteiger partial charge on any atom is 0.362 e. The molecule has 0 rings (SSSR count). The Morgan fingerprint density at radius 2 is 1.00 bits per heavy atom. The van der Waals surface area contributed by atoms with E-state index < -0.39 is 18.1 Å². The van der Waals surface area contributed by atoms with Gasteiger partial charge in [-0.25, -0.2) is 4.79 Å². The van der Waals surface area contributed by atoms with Crippen molar-refractivity contribution in [2.24, 2.45) is 0 Å². The molecular formula is C48H86NO7+. The summed E-state index contributed by atoms with van der Waals surface area (Å²) in [7, 11) is 5.52. The third kappa shape index (κ3) is 36.9. The zero-order valence-electron chi connectivity index (χ0n) is 36.8. The highest BCUT2D eigenvalue weighted by atomic mass is 16.6. The van der Waals surface area contributed by atoms with Crippen molar-refractivity contribution in [2.75, 3.05) is 41.0 Å². The minimum Gasteiger partial charge on any atom is -0.477 e. The molecule has 0 fully saturated rings. The van der Waals surface area contributed by atoms with Crippen molar-refractivity contribution < 1.29 is 38.2 Å². The van der Waals surface area contributed by atoms with Crippen molar-refractivity contribution in [1.29, 1.82) is 0 Å². The molecule has 2 atom stereocenters. The molecule has 0 amide bonds. The fourth-order valence-corrected chi connectivity index (χ4v) is 6.45. The molecule has 0 aromatic heterocycles. The fraction of sp³-hybridized carbons (Fsp3) is 0.771. The molecule has 0 aromatic carbocycles. The predicted octanol–water partition coefficient (Wildman–Crippen LogP) is 12.4. The summed E-state index contributed by atoms with van der Waals surface area (Å²) in [4.78, 5) is 37.0.